The molecule has 0 aliphatic rings. The van der Waals surface area contributed by atoms with Crippen molar-refractivity contribution in [2.24, 2.45) is 0 Å². The summed E-state index contributed by atoms with van der Waals surface area (Å²) in [6, 6.07) is 8.30. The molecule has 0 aliphatic heterocycles. The van der Waals surface area contributed by atoms with E-state index in [0.29, 0.717) is 6.42 Å². The van der Waals surface area contributed by atoms with Gasteiger partial charge in [-0.1, -0.05) is 36.4 Å². The molecule has 0 bridgehead atoms. The summed E-state index contributed by atoms with van der Waals surface area (Å²) in [5.74, 6) is -1.06. The quantitative estimate of drug-likeness (QED) is 0.778. The first-order valence-corrected chi connectivity index (χ1v) is 6.37. The van der Waals surface area contributed by atoms with E-state index in [-0.39, 0.29) is 13.2 Å². The average Bonchev–Trinajstić information content (AvgIpc) is 2.46. The molecule has 1 amide bonds. The van der Waals surface area contributed by atoms with Gasteiger partial charge in [0, 0.05) is 6.54 Å². The van der Waals surface area contributed by atoms with Crippen LogP contribution in [0.2, 0.25) is 0 Å². The van der Waals surface area contributed by atoms with Gasteiger partial charge < -0.3 is 9.84 Å². The molecule has 1 aromatic rings. The molecule has 0 radical (unpaired) electrons. The highest BCUT2D eigenvalue weighted by molar-refractivity contribution is 5.79. The Balaban J connectivity index is 2.63. The lowest BCUT2D eigenvalue weighted by molar-refractivity contribution is -0.142. The number of ether oxygens (including phenoxy) is 1. The Morgan fingerprint density at radius 3 is 2.60 bits per heavy atom. The largest absolute Gasteiger partial charge is 0.480 e. The second-order valence-electron chi connectivity index (χ2n) is 4.33. The van der Waals surface area contributed by atoms with Crippen LogP contribution >= 0.6 is 0 Å². The van der Waals surface area contributed by atoms with Crippen molar-refractivity contribution in [1.82, 2.24) is 4.90 Å². The van der Waals surface area contributed by atoms with Gasteiger partial charge in [-0.15, -0.1) is 6.58 Å². The van der Waals surface area contributed by atoms with Crippen LogP contribution in [0.25, 0.3) is 0 Å². The van der Waals surface area contributed by atoms with E-state index in [1.807, 2.05) is 30.3 Å². The van der Waals surface area contributed by atoms with Crippen LogP contribution in [0, 0.1) is 0 Å². The van der Waals surface area contributed by atoms with Gasteiger partial charge >= 0.3 is 12.1 Å². The summed E-state index contributed by atoms with van der Waals surface area (Å²) in [4.78, 5) is 24.2. The highest BCUT2D eigenvalue weighted by atomic mass is 16.6. The summed E-state index contributed by atoms with van der Waals surface area (Å²) in [5, 5.41) is 9.01. The van der Waals surface area contributed by atoms with E-state index in [0.717, 1.165) is 5.56 Å². The van der Waals surface area contributed by atoms with Crippen molar-refractivity contribution in [1.29, 1.82) is 0 Å². The van der Waals surface area contributed by atoms with Crippen molar-refractivity contribution in [2.75, 3.05) is 6.54 Å². The lowest BCUT2D eigenvalue weighted by atomic mass is 10.2. The summed E-state index contributed by atoms with van der Waals surface area (Å²) < 4.78 is 5.15. The van der Waals surface area contributed by atoms with Crippen molar-refractivity contribution in [3.63, 3.8) is 0 Å². The van der Waals surface area contributed by atoms with E-state index in [1.165, 1.54) is 11.8 Å². The Bertz CT molecular complexity index is 458. The maximum absolute atomic E-state index is 12.0. The normalized spacial score (nSPS) is 11.4. The summed E-state index contributed by atoms with van der Waals surface area (Å²) in [5.41, 5.74) is 0.854. The molecule has 20 heavy (non-hydrogen) atoms. The second-order valence-corrected chi connectivity index (χ2v) is 4.33. The molecule has 108 valence electrons. The topological polar surface area (TPSA) is 66.8 Å². The molecular weight excluding hydrogens is 258 g/mol. The van der Waals surface area contributed by atoms with Crippen molar-refractivity contribution >= 4 is 12.1 Å². The van der Waals surface area contributed by atoms with Gasteiger partial charge in [0.2, 0.25) is 0 Å². The molecule has 1 N–H and O–H groups in total. The number of hydrogen-bond donors (Lipinski definition) is 1. The molecule has 5 nitrogen and oxygen atoms in total. The minimum Gasteiger partial charge on any atom is -0.480 e. The van der Waals surface area contributed by atoms with E-state index in [1.54, 1.807) is 6.08 Å². The van der Waals surface area contributed by atoms with Crippen LogP contribution in [-0.2, 0) is 16.1 Å². The van der Waals surface area contributed by atoms with Gasteiger partial charge in [-0.05, 0) is 18.9 Å². The fourth-order valence-electron chi connectivity index (χ4n) is 1.61. The first kappa shape index (κ1) is 15.8. The molecule has 0 unspecified atom stereocenters. The molecule has 0 saturated heterocycles. The number of carbonyl (C=O) groups excluding carboxylic acids is 1. The molecule has 1 atom stereocenters. The van der Waals surface area contributed by atoms with Crippen LogP contribution in [0.5, 0.6) is 0 Å². The summed E-state index contributed by atoms with van der Waals surface area (Å²) in [7, 11) is 0. The predicted molar refractivity (Wildman–Crippen MR) is 75.2 cm³/mol. The van der Waals surface area contributed by atoms with E-state index in [9.17, 15) is 9.59 Å². The van der Waals surface area contributed by atoms with Crippen LogP contribution in [-0.4, -0.2) is 34.7 Å². The molecule has 0 fully saturated rings. The number of amides is 1. The first-order valence-electron chi connectivity index (χ1n) is 6.37. The van der Waals surface area contributed by atoms with Gasteiger partial charge in [-0.2, -0.15) is 0 Å². The van der Waals surface area contributed by atoms with E-state index >= 15 is 0 Å². The number of rotatable bonds is 7. The lowest BCUT2D eigenvalue weighted by Crippen LogP contribution is -2.43. The second kappa shape index (κ2) is 7.99. The monoisotopic (exact) mass is 277 g/mol. The molecule has 0 spiro atoms. The van der Waals surface area contributed by atoms with Gasteiger partial charge in [-0.25, -0.2) is 9.59 Å². The third kappa shape index (κ3) is 4.76. The van der Waals surface area contributed by atoms with Crippen molar-refractivity contribution in [2.45, 2.75) is 26.0 Å². The molecule has 1 aromatic carbocycles. The highest BCUT2D eigenvalue weighted by Gasteiger charge is 2.26. The molecule has 0 saturated carbocycles. The van der Waals surface area contributed by atoms with Gasteiger partial charge in [0.05, 0.1) is 0 Å². The Morgan fingerprint density at radius 2 is 2.05 bits per heavy atom. The molecular formula is C15H19NO4. The zero-order valence-corrected chi connectivity index (χ0v) is 11.5. The Labute approximate surface area is 118 Å². The predicted octanol–water partition coefficient (Wildman–Crippen LogP) is 2.67. The summed E-state index contributed by atoms with van der Waals surface area (Å²) in [6.45, 7) is 5.41. The van der Waals surface area contributed by atoms with E-state index in [2.05, 4.69) is 6.58 Å². The van der Waals surface area contributed by atoms with Crippen LogP contribution < -0.4 is 0 Å². The first-order chi connectivity index (χ1) is 9.56. The summed E-state index contributed by atoms with van der Waals surface area (Å²) in [6.07, 6.45) is 1.51. The highest BCUT2D eigenvalue weighted by Crippen LogP contribution is 2.08. The zero-order valence-electron chi connectivity index (χ0n) is 11.5. The van der Waals surface area contributed by atoms with Crippen molar-refractivity contribution < 1.29 is 19.4 Å². The number of benzene rings is 1. The third-order valence-corrected chi connectivity index (χ3v) is 2.84. The SMILES string of the molecule is C=CCCN(C(=O)OCc1ccccc1)[C@@H](C)C(=O)O. The molecule has 0 aromatic heterocycles. The standard InChI is InChI=1S/C15H19NO4/c1-3-4-10-16(12(2)14(17)18)15(19)20-11-13-8-6-5-7-9-13/h3,5-9,12H,1,4,10-11H2,2H3,(H,17,18)/t12-/m0/s1. The maximum atomic E-state index is 12.0. The zero-order chi connectivity index (χ0) is 15.0. The average molecular weight is 277 g/mol. The van der Waals surface area contributed by atoms with Gasteiger partial charge in [-0.3, -0.25) is 4.90 Å². The lowest BCUT2D eigenvalue weighted by Gasteiger charge is -2.25. The molecule has 1 rings (SSSR count). The third-order valence-electron chi connectivity index (χ3n) is 2.84. The van der Waals surface area contributed by atoms with E-state index in [4.69, 9.17) is 9.84 Å². The van der Waals surface area contributed by atoms with Gasteiger partial charge in [0.1, 0.15) is 12.6 Å². The van der Waals surface area contributed by atoms with Crippen LogP contribution in [0.4, 0.5) is 4.79 Å². The molecule has 0 aliphatic carbocycles. The Kier molecular flexibility index (Phi) is 6.29. The fourth-order valence-corrected chi connectivity index (χ4v) is 1.61. The van der Waals surface area contributed by atoms with E-state index < -0.39 is 18.1 Å². The number of carboxylic acids is 1. The Morgan fingerprint density at radius 1 is 1.40 bits per heavy atom. The van der Waals surface area contributed by atoms with Gasteiger partial charge in [0.25, 0.3) is 0 Å². The smallest absolute Gasteiger partial charge is 0.410 e. The maximum Gasteiger partial charge on any atom is 0.410 e. The van der Waals surface area contributed by atoms with Crippen LogP contribution in [0.15, 0.2) is 43.0 Å². The van der Waals surface area contributed by atoms with Crippen LogP contribution in [0.1, 0.15) is 18.9 Å². The minimum absolute atomic E-state index is 0.122. The Hall–Kier alpha value is -2.30. The fraction of sp³-hybridized carbons (Fsp3) is 0.333. The number of nitrogens with zero attached hydrogens (tertiary/aromatic N) is 1. The summed E-state index contributed by atoms with van der Waals surface area (Å²) >= 11 is 0. The van der Waals surface area contributed by atoms with Crippen molar-refractivity contribution in [3.05, 3.63) is 48.6 Å². The van der Waals surface area contributed by atoms with Gasteiger partial charge in [0.15, 0.2) is 0 Å². The number of aliphatic carboxylic acids is 1. The molecule has 0 heterocycles. The molecule has 5 heteroatoms. The number of hydrogen-bond acceptors (Lipinski definition) is 3. The minimum atomic E-state index is -1.06. The van der Waals surface area contributed by atoms with Crippen LogP contribution in [0.3, 0.4) is 0 Å². The number of carbonyl (C=O) groups is 2. The van der Waals surface area contributed by atoms with Crippen molar-refractivity contribution in [3.8, 4) is 0 Å². The number of carboxylic acid groups (broad SMARTS) is 1.